The van der Waals surface area contributed by atoms with Crippen LogP contribution < -0.4 is 5.32 Å². The van der Waals surface area contributed by atoms with Crippen LogP contribution in [0.3, 0.4) is 0 Å². The summed E-state index contributed by atoms with van der Waals surface area (Å²) in [6.07, 6.45) is 15.2. The highest BCUT2D eigenvalue weighted by Crippen LogP contribution is 2.28. The molecule has 1 N–H and O–H groups in total. The van der Waals surface area contributed by atoms with Crippen LogP contribution in [0.25, 0.3) is 0 Å². The molecule has 1 aliphatic rings. The molecule has 0 aromatic heterocycles. The molecule has 0 radical (unpaired) electrons. The minimum atomic E-state index is 0.908. The van der Waals surface area contributed by atoms with Crippen molar-refractivity contribution in [2.75, 3.05) is 26.3 Å². The lowest BCUT2D eigenvalue weighted by Crippen LogP contribution is -2.18. The normalized spacial score (nSPS) is 15.0. The van der Waals surface area contributed by atoms with Gasteiger partial charge in [-0.15, -0.1) is 0 Å². The van der Waals surface area contributed by atoms with Crippen LogP contribution in [-0.2, 0) is 4.74 Å². The lowest BCUT2D eigenvalue weighted by Gasteiger charge is -2.05. The zero-order chi connectivity index (χ0) is 13.6. The van der Waals surface area contributed by atoms with Crippen molar-refractivity contribution in [2.45, 2.75) is 77.6 Å². The van der Waals surface area contributed by atoms with Gasteiger partial charge >= 0.3 is 0 Å². The molecule has 19 heavy (non-hydrogen) atoms. The highest BCUT2D eigenvalue weighted by Gasteiger charge is 2.20. The summed E-state index contributed by atoms with van der Waals surface area (Å²) in [5, 5.41) is 3.52. The van der Waals surface area contributed by atoms with Crippen molar-refractivity contribution < 1.29 is 4.74 Å². The zero-order valence-corrected chi connectivity index (χ0v) is 13.1. The lowest BCUT2D eigenvalue weighted by molar-refractivity contribution is 0.122. The van der Waals surface area contributed by atoms with Crippen LogP contribution in [0, 0.1) is 5.92 Å². The zero-order valence-electron chi connectivity index (χ0n) is 13.1. The fourth-order valence-corrected chi connectivity index (χ4v) is 2.34. The van der Waals surface area contributed by atoms with Crippen molar-refractivity contribution >= 4 is 0 Å². The topological polar surface area (TPSA) is 21.3 Å². The maximum atomic E-state index is 5.61. The largest absolute Gasteiger partial charge is 0.381 e. The van der Waals surface area contributed by atoms with E-state index in [4.69, 9.17) is 4.74 Å². The first kappa shape index (κ1) is 17.0. The van der Waals surface area contributed by atoms with Crippen LogP contribution >= 0.6 is 0 Å². The maximum Gasteiger partial charge on any atom is 0.0494 e. The molecule has 0 aromatic carbocycles. The summed E-state index contributed by atoms with van der Waals surface area (Å²) in [6.45, 7) is 6.56. The number of hydrogen-bond donors (Lipinski definition) is 1. The molecule has 1 saturated carbocycles. The van der Waals surface area contributed by atoms with Gasteiger partial charge in [-0.1, -0.05) is 51.9 Å². The Bertz CT molecular complexity index is 180. The van der Waals surface area contributed by atoms with Crippen LogP contribution in [0.1, 0.15) is 77.6 Å². The maximum absolute atomic E-state index is 5.61. The minimum Gasteiger partial charge on any atom is -0.381 e. The van der Waals surface area contributed by atoms with Gasteiger partial charge < -0.3 is 10.1 Å². The number of unbranched alkanes of at least 4 members (excludes halogenated alkanes) is 7. The molecule has 0 atom stereocenters. The minimum absolute atomic E-state index is 0.908. The predicted molar refractivity (Wildman–Crippen MR) is 83.6 cm³/mol. The van der Waals surface area contributed by atoms with E-state index in [1.54, 1.807) is 0 Å². The van der Waals surface area contributed by atoms with Gasteiger partial charge in [-0.25, -0.2) is 0 Å². The monoisotopic (exact) mass is 269 g/mol. The molecule has 1 rings (SSSR count). The Labute approximate surface area is 120 Å². The smallest absolute Gasteiger partial charge is 0.0494 e. The van der Waals surface area contributed by atoms with Gasteiger partial charge in [0.15, 0.2) is 0 Å². The van der Waals surface area contributed by atoms with E-state index < -0.39 is 0 Å². The third kappa shape index (κ3) is 12.7. The van der Waals surface area contributed by atoms with Gasteiger partial charge in [-0.05, 0) is 44.7 Å². The van der Waals surface area contributed by atoms with E-state index in [1.807, 2.05) is 0 Å². The van der Waals surface area contributed by atoms with Crippen molar-refractivity contribution in [3.05, 3.63) is 0 Å². The molecule has 2 nitrogen and oxygen atoms in total. The van der Waals surface area contributed by atoms with Gasteiger partial charge in [-0.3, -0.25) is 0 Å². The van der Waals surface area contributed by atoms with Crippen LogP contribution in [0.2, 0.25) is 0 Å². The van der Waals surface area contributed by atoms with Crippen molar-refractivity contribution in [2.24, 2.45) is 5.92 Å². The first-order chi connectivity index (χ1) is 9.43. The Morgan fingerprint density at radius 3 is 2.16 bits per heavy atom. The Hall–Kier alpha value is -0.0800. The second-order valence-electron chi connectivity index (χ2n) is 6.10. The second-order valence-corrected chi connectivity index (χ2v) is 6.10. The number of rotatable bonds is 15. The summed E-state index contributed by atoms with van der Waals surface area (Å²) in [5.41, 5.74) is 0. The van der Waals surface area contributed by atoms with Gasteiger partial charge in [0.1, 0.15) is 0 Å². The molecular weight excluding hydrogens is 234 g/mol. The fourth-order valence-electron chi connectivity index (χ4n) is 2.34. The summed E-state index contributed by atoms with van der Waals surface area (Å²) in [4.78, 5) is 0. The van der Waals surface area contributed by atoms with E-state index in [0.717, 1.165) is 25.7 Å². The summed E-state index contributed by atoms with van der Waals surface area (Å²) in [7, 11) is 0. The summed E-state index contributed by atoms with van der Waals surface area (Å²) in [5.74, 6) is 0.908. The standard InChI is InChI=1S/C17H35NO/c1-2-3-4-5-6-7-8-9-13-18-14-10-15-19-16-17-11-12-17/h17-18H,2-16H2,1H3. The molecule has 0 bridgehead atoms. The predicted octanol–water partition coefficient (Wildman–Crippen LogP) is 4.53. The average molecular weight is 269 g/mol. The number of nitrogens with one attached hydrogen (secondary N) is 1. The van der Waals surface area contributed by atoms with E-state index in [1.165, 1.54) is 77.2 Å². The van der Waals surface area contributed by atoms with Gasteiger partial charge in [-0.2, -0.15) is 0 Å². The molecule has 0 aliphatic heterocycles. The summed E-state index contributed by atoms with van der Waals surface area (Å²) < 4.78 is 5.61. The third-order valence-corrected chi connectivity index (χ3v) is 3.90. The van der Waals surface area contributed by atoms with Gasteiger partial charge in [0.25, 0.3) is 0 Å². The van der Waals surface area contributed by atoms with Gasteiger partial charge in [0.2, 0.25) is 0 Å². The Kier molecular flexibility index (Phi) is 11.5. The van der Waals surface area contributed by atoms with Crippen LogP contribution in [0.4, 0.5) is 0 Å². The fraction of sp³-hybridized carbons (Fsp3) is 1.00. The lowest BCUT2D eigenvalue weighted by atomic mass is 10.1. The van der Waals surface area contributed by atoms with E-state index >= 15 is 0 Å². The third-order valence-electron chi connectivity index (χ3n) is 3.90. The molecule has 2 heteroatoms. The first-order valence-corrected chi connectivity index (χ1v) is 8.72. The van der Waals surface area contributed by atoms with Crippen molar-refractivity contribution in [1.29, 1.82) is 0 Å². The van der Waals surface area contributed by atoms with E-state index in [9.17, 15) is 0 Å². The highest BCUT2D eigenvalue weighted by atomic mass is 16.5. The SMILES string of the molecule is CCCCCCCCCCNCCCOCC1CC1. The van der Waals surface area contributed by atoms with Gasteiger partial charge in [0, 0.05) is 13.2 Å². The molecule has 0 heterocycles. The average Bonchev–Trinajstić information content (AvgIpc) is 3.23. The number of ether oxygens (including phenoxy) is 1. The van der Waals surface area contributed by atoms with E-state index in [0.29, 0.717) is 0 Å². The molecule has 0 amide bonds. The summed E-state index contributed by atoms with van der Waals surface area (Å²) in [6, 6.07) is 0. The van der Waals surface area contributed by atoms with Gasteiger partial charge in [0.05, 0.1) is 0 Å². The van der Waals surface area contributed by atoms with Crippen molar-refractivity contribution in [3.63, 3.8) is 0 Å². The first-order valence-electron chi connectivity index (χ1n) is 8.72. The molecular formula is C17H35NO. The van der Waals surface area contributed by atoms with Crippen LogP contribution in [-0.4, -0.2) is 26.3 Å². The molecule has 114 valence electrons. The van der Waals surface area contributed by atoms with Crippen molar-refractivity contribution in [1.82, 2.24) is 5.32 Å². The molecule has 0 saturated heterocycles. The van der Waals surface area contributed by atoms with Crippen molar-refractivity contribution in [3.8, 4) is 0 Å². The Balaban J connectivity index is 1.60. The number of hydrogen-bond acceptors (Lipinski definition) is 2. The summed E-state index contributed by atoms with van der Waals surface area (Å²) >= 11 is 0. The molecule has 1 fully saturated rings. The second kappa shape index (κ2) is 12.9. The van der Waals surface area contributed by atoms with Crippen LogP contribution in [0.5, 0.6) is 0 Å². The van der Waals surface area contributed by atoms with Crippen LogP contribution in [0.15, 0.2) is 0 Å². The quantitative estimate of drug-likeness (QED) is 0.441. The highest BCUT2D eigenvalue weighted by molar-refractivity contribution is 4.71. The molecule has 0 unspecified atom stereocenters. The molecule has 0 spiro atoms. The molecule has 0 aromatic rings. The Morgan fingerprint density at radius 2 is 1.47 bits per heavy atom. The van der Waals surface area contributed by atoms with E-state index in [2.05, 4.69) is 12.2 Å². The Morgan fingerprint density at radius 1 is 0.842 bits per heavy atom. The molecule has 1 aliphatic carbocycles. The van der Waals surface area contributed by atoms with E-state index in [-0.39, 0.29) is 0 Å².